The maximum absolute atomic E-state index is 13.1. The topological polar surface area (TPSA) is 29.1 Å². The van der Waals surface area contributed by atoms with Gasteiger partial charge in [-0.05, 0) is 37.1 Å². The molecule has 1 heterocycles. The zero-order valence-electron chi connectivity index (χ0n) is 11.1. The summed E-state index contributed by atoms with van der Waals surface area (Å²) < 4.78 is 26.3. The molecule has 1 saturated heterocycles. The second kappa shape index (κ2) is 5.78. The normalized spacial score (nSPS) is 22.7. The molecule has 0 bridgehead atoms. The van der Waals surface area contributed by atoms with Crippen LogP contribution in [-0.2, 0) is 11.2 Å². The van der Waals surface area contributed by atoms with Crippen LogP contribution in [0.5, 0.6) is 0 Å². The lowest BCUT2D eigenvalue weighted by Gasteiger charge is -2.26. The Morgan fingerprint density at radius 3 is 2.53 bits per heavy atom. The van der Waals surface area contributed by atoms with Crippen LogP contribution >= 0.6 is 0 Å². The van der Waals surface area contributed by atoms with Crippen LogP contribution < -0.4 is 5.32 Å². The van der Waals surface area contributed by atoms with Gasteiger partial charge in [0.15, 0.2) is 0 Å². The second-order valence-electron chi connectivity index (χ2n) is 5.33. The van der Waals surface area contributed by atoms with Crippen LogP contribution in [0.3, 0.4) is 0 Å². The van der Waals surface area contributed by atoms with Gasteiger partial charge in [0.1, 0.15) is 17.4 Å². The molecule has 19 heavy (non-hydrogen) atoms. The third-order valence-corrected chi connectivity index (χ3v) is 3.85. The van der Waals surface area contributed by atoms with Crippen LogP contribution in [-0.4, -0.2) is 18.9 Å². The molecule has 0 saturated carbocycles. The summed E-state index contributed by atoms with van der Waals surface area (Å²) in [6.07, 6.45) is 2.69. The van der Waals surface area contributed by atoms with Crippen molar-refractivity contribution >= 4 is 5.78 Å². The highest BCUT2D eigenvalue weighted by Crippen LogP contribution is 2.33. The Morgan fingerprint density at radius 2 is 2.00 bits per heavy atom. The van der Waals surface area contributed by atoms with Crippen molar-refractivity contribution in [2.45, 2.75) is 32.6 Å². The molecule has 1 aromatic carbocycles. The zero-order valence-corrected chi connectivity index (χ0v) is 11.1. The molecule has 0 radical (unpaired) electrons. The number of hydrogen-bond donors (Lipinski definition) is 1. The van der Waals surface area contributed by atoms with Crippen LogP contribution in [0, 0.1) is 17.0 Å². The number of halogens is 2. The molecular weight excluding hydrogens is 248 g/mol. The average molecular weight is 267 g/mol. The van der Waals surface area contributed by atoms with E-state index in [4.69, 9.17) is 0 Å². The van der Waals surface area contributed by atoms with Gasteiger partial charge in [-0.1, -0.05) is 13.3 Å². The van der Waals surface area contributed by atoms with Gasteiger partial charge in [-0.25, -0.2) is 8.78 Å². The Hall–Kier alpha value is -1.29. The van der Waals surface area contributed by atoms with Gasteiger partial charge in [-0.2, -0.15) is 0 Å². The van der Waals surface area contributed by atoms with Gasteiger partial charge in [0, 0.05) is 24.4 Å². The van der Waals surface area contributed by atoms with E-state index in [1.165, 1.54) is 12.1 Å². The van der Waals surface area contributed by atoms with Crippen molar-refractivity contribution in [3.63, 3.8) is 0 Å². The average Bonchev–Trinajstić information content (AvgIpc) is 2.78. The van der Waals surface area contributed by atoms with Crippen molar-refractivity contribution in [2.24, 2.45) is 5.41 Å². The maximum Gasteiger partial charge on any atom is 0.144 e. The Bertz CT molecular complexity index is 447. The maximum atomic E-state index is 13.1. The number of ketones is 1. The van der Waals surface area contributed by atoms with E-state index in [1.54, 1.807) is 0 Å². The molecule has 104 valence electrons. The van der Waals surface area contributed by atoms with Crippen LogP contribution in [0.25, 0.3) is 0 Å². The lowest BCUT2D eigenvalue weighted by atomic mass is 9.76. The number of Topliss-reactive ketones (excluding diaryl/α,β-unsaturated/α-hetero) is 1. The Labute approximate surface area is 112 Å². The first-order valence-corrected chi connectivity index (χ1v) is 6.75. The Morgan fingerprint density at radius 1 is 1.32 bits per heavy atom. The number of carbonyl (C=O) groups excluding carboxylic acids is 1. The second-order valence-corrected chi connectivity index (χ2v) is 5.33. The van der Waals surface area contributed by atoms with Crippen molar-refractivity contribution in [3.8, 4) is 0 Å². The predicted molar refractivity (Wildman–Crippen MR) is 69.9 cm³/mol. The van der Waals surface area contributed by atoms with Crippen LogP contribution in [0.4, 0.5) is 8.78 Å². The molecule has 1 aliphatic heterocycles. The summed E-state index contributed by atoms with van der Waals surface area (Å²) in [6.45, 7) is 3.57. The summed E-state index contributed by atoms with van der Waals surface area (Å²) in [6, 6.07) is 3.30. The number of hydrogen-bond acceptors (Lipinski definition) is 2. The van der Waals surface area contributed by atoms with Gasteiger partial charge >= 0.3 is 0 Å². The molecule has 0 aromatic heterocycles. The first kappa shape index (κ1) is 14.1. The van der Waals surface area contributed by atoms with Crippen molar-refractivity contribution in [1.29, 1.82) is 0 Å². The SMILES string of the molecule is CCCC1(C(=O)Cc2cc(F)cc(F)c2)CCNC1. The fraction of sp³-hybridized carbons (Fsp3) is 0.533. The molecule has 2 rings (SSSR count). The Balaban J connectivity index is 2.14. The van der Waals surface area contributed by atoms with E-state index < -0.39 is 11.6 Å². The van der Waals surface area contributed by atoms with Crippen molar-refractivity contribution in [2.75, 3.05) is 13.1 Å². The first-order valence-electron chi connectivity index (χ1n) is 6.75. The molecule has 1 aliphatic rings. The van der Waals surface area contributed by atoms with Crippen LogP contribution in [0.15, 0.2) is 18.2 Å². The van der Waals surface area contributed by atoms with E-state index >= 15 is 0 Å². The van der Waals surface area contributed by atoms with E-state index in [2.05, 4.69) is 12.2 Å². The van der Waals surface area contributed by atoms with Crippen molar-refractivity contribution < 1.29 is 13.6 Å². The van der Waals surface area contributed by atoms with E-state index in [1.807, 2.05) is 0 Å². The monoisotopic (exact) mass is 267 g/mol. The fourth-order valence-electron chi connectivity index (χ4n) is 2.90. The van der Waals surface area contributed by atoms with E-state index in [0.29, 0.717) is 12.1 Å². The summed E-state index contributed by atoms with van der Waals surface area (Å²) in [5.41, 5.74) is 0.0715. The van der Waals surface area contributed by atoms with Gasteiger partial charge in [-0.15, -0.1) is 0 Å². The molecule has 2 nitrogen and oxygen atoms in total. The summed E-state index contributed by atoms with van der Waals surface area (Å²) in [7, 11) is 0. The van der Waals surface area contributed by atoms with Gasteiger partial charge in [0.05, 0.1) is 0 Å². The number of nitrogens with one attached hydrogen (secondary N) is 1. The zero-order chi connectivity index (χ0) is 13.9. The number of carbonyl (C=O) groups is 1. The predicted octanol–water partition coefficient (Wildman–Crippen LogP) is 2.86. The lowest BCUT2D eigenvalue weighted by Crippen LogP contribution is -2.34. The van der Waals surface area contributed by atoms with Crippen molar-refractivity contribution in [3.05, 3.63) is 35.4 Å². The van der Waals surface area contributed by atoms with Crippen LogP contribution in [0.2, 0.25) is 0 Å². The third-order valence-electron chi connectivity index (χ3n) is 3.85. The van der Waals surface area contributed by atoms with Crippen LogP contribution in [0.1, 0.15) is 31.7 Å². The number of rotatable bonds is 5. The molecule has 1 N–H and O–H groups in total. The Kier molecular flexibility index (Phi) is 4.30. The largest absolute Gasteiger partial charge is 0.316 e. The van der Waals surface area contributed by atoms with E-state index in [-0.39, 0.29) is 17.6 Å². The number of benzene rings is 1. The van der Waals surface area contributed by atoms with Gasteiger partial charge in [0.25, 0.3) is 0 Å². The minimum absolute atomic E-state index is 0.0874. The van der Waals surface area contributed by atoms with Gasteiger partial charge in [0.2, 0.25) is 0 Å². The molecule has 1 fully saturated rings. The summed E-state index contributed by atoms with van der Waals surface area (Å²) in [5, 5.41) is 3.22. The molecule has 0 amide bonds. The van der Waals surface area contributed by atoms with E-state index in [0.717, 1.165) is 31.9 Å². The highest BCUT2D eigenvalue weighted by atomic mass is 19.1. The molecule has 0 aliphatic carbocycles. The van der Waals surface area contributed by atoms with Gasteiger partial charge in [-0.3, -0.25) is 4.79 Å². The molecule has 4 heteroatoms. The molecular formula is C15H19F2NO. The van der Waals surface area contributed by atoms with Crippen molar-refractivity contribution in [1.82, 2.24) is 5.32 Å². The van der Waals surface area contributed by atoms with E-state index in [9.17, 15) is 13.6 Å². The molecule has 1 aromatic rings. The summed E-state index contributed by atoms with van der Waals surface area (Å²) in [4.78, 5) is 12.5. The first-order chi connectivity index (χ1) is 9.05. The highest BCUT2D eigenvalue weighted by molar-refractivity contribution is 5.87. The molecule has 1 atom stereocenters. The molecule has 1 unspecified atom stereocenters. The fourth-order valence-corrected chi connectivity index (χ4v) is 2.90. The van der Waals surface area contributed by atoms with Gasteiger partial charge < -0.3 is 5.32 Å². The highest BCUT2D eigenvalue weighted by Gasteiger charge is 2.39. The minimum Gasteiger partial charge on any atom is -0.316 e. The minimum atomic E-state index is -0.628. The lowest BCUT2D eigenvalue weighted by molar-refractivity contribution is -0.127. The standard InChI is InChI=1S/C15H19F2NO/c1-2-3-15(4-5-18-10-15)14(19)8-11-6-12(16)9-13(17)7-11/h6-7,9,18H,2-5,8,10H2,1H3. The quantitative estimate of drug-likeness (QED) is 0.888. The smallest absolute Gasteiger partial charge is 0.144 e. The summed E-state index contributed by atoms with van der Waals surface area (Å²) >= 11 is 0. The summed E-state index contributed by atoms with van der Waals surface area (Å²) in [5.74, 6) is -1.17. The third kappa shape index (κ3) is 3.18. The molecule has 0 spiro atoms.